The maximum atomic E-state index is 10.8. The van der Waals surface area contributed by atoms with E-state index in [9.17, 15) is 10.1 Å². The predicted molar refractivity (Wildman–Crippen MR) is 90.9 cm³/mol. The molecular weight excluding hydrogens is 312 g/mol. The van der Waals surface area contributed by atoms with Crippen molar-refractivity contribution in [2.75, 3.05) is 5.32 Å². The summed E-state index contributed by atoms with van der Waals surface area (Å²) in [7, 11) is 0. The molecule has 2 aliphatic rings. The van der Waals surface area contributed by atoms with E-state index < -0.39 is 0 Å². The summed E-state index contributed by atoms with van der Waals surface area (Å²) in [6.45, 7) is 0. The topological polar surface area (TPSA) is 55.2 Å². The summed E-state index contributed by atoms with van der Waals surface area (Å²) in [4.78, 5) is 10.5. The van der Waals surface area contributed by atoms with Crippen LogP contribution in [0.1, 0.15) is 29.5 Å². The van der Waals surface area contributed by atoms with Gasteiger partial charge in [-0.3, -0.25) is 10.1 Å². The lowest BCUT2D eigenvalue weighted by atomic mass is 9.77. The van der Waals surface area contributed by atoms with Crippen LogP contribution in [-0.4, -0.2) is 4.92 Å². The normalized spacial score (nSPS) is 24.7. The van der Waals surface area contributed by atoms with E-state index in [4.69, 9.17) is 11.6 Å². The van der Waals surface area contributed by atoms with Gasteiger partial charge in [0.1, 0.15) is 0 Å². The number of nitro benzene ring substituents is 1. The van der Waals surface area contributed by atoms with Gasteiger partial charge in [-0.25, -0.2) is 0 Å². The van der Waals surface area contributed by atoms with E-state index in [0.29, 0.717) is 16.9 Å². The third kappa shape index (κ3) is 2.30. The second-order valence-corrected chi connectivity index (χ2v) is 6.44. The summed E-state index contributed by atoms with van der Waals surface area (Å²) < 4.78 is 0. The molecule has 116 valence electrons. The van der Waals surface area contributed by atoms with E-state index in [1.807, 2.05) is 24.3 Å². The first kappa shape index (κ1) is 14.3. The first-order valence-corrected chi connectivity index (χ1v) is 7.99. The first-order chi connectivity index (χ1) is 11.1. The van der Waals surface area contributed by atoms with Crippen molar-refractivity contribution in [1.29, 1.82) is 0 Å². The van der Waals surface area contributed by atoms with E-state index in [0.717, 1.165) is 17.7 Å². The van der Waals surface area contributed by atoms with E-state index in [-0.39, 0.29) is 16.7 Å². The summed E-state index contributed by atoms with van der Waals surface area (Å²) in [5.74, 6) is 0.743. The molecule has 4 rings (SSSR count). The highest BCUT2D eigenvalue weighted by molar-refractivity contribution is 6.33. The van der Waals surface area contributed by atoms with Crippen molar-refractivity contribution in [2.45, 2.75) is 18.4 Å². The minimum Gasteiger partial charge on any atom is -0.376 e. The number of anilines is 1. The molecule has 0 bridgehead atoms. The maximum Gasteiger partial charge on any atom is 0.269 e. The molecule has 1 aliphatic heterocycles. The Kier molecular flexibility index (Phi) is 3.34. The van der Waals surface area contributed by atoms with Gasteiger partial charge in [0.05, 0.1) is 21.7 Å². The SMILES string of the molecule is O=[N+]([O-])c1ccc([C@@H]2Nc3c(Cl)cccc3[C@@H]3C=CC[C@H]32)cc1. The van der Waals surface area contributed by atoms with Gasteiger partial charge in [-0.1, -0.05) is 48.0 Å². The Hall–Kier alpha value is -2.33. The van der Waals surface area contributed by atoms with Crippen molar-refractivity contribution in [1.82, 2.24) is 0 Å². The molecule has 0 saturated carbocycles. The molecule has 1 N–H and O–H groups in total. The first-order valence-electron chi connectivity index (χ1n) is 7.61. The van der Waals surface area contributed by atoms with Crippen LogP contribution in [0.15, 0.2) is 54.6 Å². The van der Waals surface area contributed by atoms with Gasteiger partial charge in [-0.05, 0) is 29.5 Å². The standard InChI is InChI=1S/C18H15ClN2O2/c19-16-6-2-5-15-13-3-1-4-14(13)17(20-18(15)16)11-7-9-12(10-8-11)21(22)23/h1-3,5-10,13-14,17,20H,4H2/t13-,14-,17+/m1/s1. The zero-order valence-corrected chi connectivity index (χ0v) is 13.0. The molecule has 0 amide bonds. The molecule has 2 aromatic rings. The molecule has 0 unspecified atom stereocenters. The molecule has 4 nitrogen and oxygen atoms in total. The molecule has 1 heterocycles. The zero-order chi connectivity index (χ0) is 16.0. The molecular formula is C18H15ClN2O2. The van der Waals surface area contributed by atoms with Crippen LogP contribution in [-0.2, 0) is 0 Å². The number of rotatable bonds is 2. The molecule has 5 heteroatoms. The molecule has 1 aliphatic carbocycles. The minimum absolute atomic E-state index is 0.100. The van der Waals surface area contributed by atoms with Crippen LogP contribution >= 0.6 is 11.6 Å². The highest BCUT2D eigenvalue weighted by atomic mass is 35.5. The molecule has 0 aromatic heterocycles. The highest BCUT2D eigenvalue weighted by Gasteiger charge is 2.38. The van der Waals surface area contributed by atoms with E-state index >= 15 is 0 Å². The van der Waals surface area contributed by atoms with Crippen molar-refractivity contribution in [3.63, 3.8) is 0 Å². The van der Waals surface area contributed by atoms with Gasteiger partial charge in [-0.15, -0.1) is 0 Å². The van der Waals surface area contributed by atoms with Gasteiger partial charge in [0.15, 0.2) is 0 Å². The van der Waals surface area contributed by atoms with Crippen molar-refractivity contribution < 1.29 is 4.92 Å². The number of non-ortho nitro benzene ring substituents is 1. The van der Waals surface area contributed by atoms with E-state index in [1.165, 1.54) is 5.56 Å². The lowest BCUT2D eigenvalue weighted by Gasteiger charge is -2.37. The molecule has 0 saturated heterocycles. The number of fused-ring (bicyclic) bond motifs is 3. The summed E-state index contributed by atoms with van der Waals surface area (Å²) in [5.41, 5.74) is 3.38. The smallest absolute Gasteiger partial charge is 0.269 e. The average Bonchev–Trinajstić information content (AvgIpc) is 3.04. The van der Waals surface area contributed by atoms with Gasteiger partial charge in [0, 0.05) is 18.1 Å². The van der Waals surface area contributed by atoms with Crippen LogP contribution in [0.5, 0.6) is 0 Å². The molecule has 3 atom stereocenters. The molecule has 0 fully saturated rings. The Labute approximate surface area is 138 Å². The third-order valence-corrected chi connectivity index (χ3v) is 5.12. The van der Waals surface area contributed by atoms with E-state index in [2.05, 4.69) is 23.5 Å². The Morgan fingerprint density at radius 3 is 2.70 bits per heavy atom. The van der Waals surface area contributed by atoms with E-state index in [1.54, 1.807) is 12.1 Å². The second kappa shape index (κ2) is 5.39. The molecule has 23 heavy (non-hydrogen) atoms. The van der Waals surface area contributed by atoms with Gasteiger partial charge >= 0.3 is 0 Å². The maximum absolute atomic E-state index is 10.8. The lowest BCUT2D eigenvalue weighted by Crippen LogP contribution is -2.29. The second-order valence-electron chi connectivity index (χ2n) is 6.03. The van der Waals surface area contributed by atoms with Crippen LogP contribution in [0.3, 0.4) is 0 Å². The third-order valence-electron chi connectivity index (χ3n) is 4.81. The number of halogens is 1. The van der Waals surface area contributed by atoms with Crippen LogP contribution in [0, 0.1) is 16.0 Å². The van der Waals surface area contributed by atoms with Gasteiger partial charge in [0.2, 0.25) is 0 Å². The number of nitrogens with one attached hydrogen (secondary N) is 1. The number of allylic oxidation sites excluding steroid dienone is 2. The Balaban J connectivity index is 1.75. The molecule has 0 radical (unpaired) electrons. The van der Waals surface area contributed by atoms with Crippen LogP contribution in [0.4, 0.5) is 11.4 Å². The summed E-state index contributed by atoms with van der Waals surface area (Å²) in [6.07, 6.45) is 5.45. The minimum atomic E-state index is -0.371. The number of hydrogen-bond acceptors (Lipinski definition) is 3. The predicted octanol–water partition coefficient (Wildman–Crippen LogP) is 5.07. The van der Waals surface area contributed by atoms with Crippen molar-refractivity contribution in [2.24, 2.45) is 5.92 Å². The number of nitro groups is 1. The van der Waals surface area contributed by atoms with Gasteiger partial charge < -0.3 is 5.32 Å². The fourth-order valence-corrected chi connectivity index (χ4v) is 3.95. The van der Waals surface area contributed by atoms with Crippen LogP contribution in [0.25, 0.3) is 0 Å². The highest BCUT2D eigenvalue weighted by Crippen LogP contribution is 2.51. The van der Waals surface area contributed by atoms with Crippen molar-refractivity contribution in [3.05, 3.63) is 80.9 Å². The van der Waals surface area contributed by atoms with Crippen LogP contribution < -0.4 is 5.32 Å². The number of para-hydroxylation sites is 1. The van der Waals surface area contributed by atoms with Gasteiger partial charge in [-0.2, -0.15) is 0 Å². The zero-order valence-electron chi connectivity index (χ0n) is 12.3. The lowest BCUT2D eigenvalue weighted by molar-refractivity contribution is -0.384. The largest absolute Gasteiger partial charge is 0.376 e. The number of benzene rings is 2. The Bertz CT molecular complexity index is 801. The molecule has 0 spiro atoms. The Morgan fingerprint density at radius 2 is 1.96 bits per heavy atom. The number of hydrogen-bond donors (Lipinski definition) is 1. The number of nitrogens with zero attached hydrogens (tertiary/aromatic N) is 1. The monoisotopic (exact) mass is 326 g/mol. The summed E-state index contributed by atoms with van der Waals surface area (Å²) in [6, 6.07) is 12.9. The summed E-state index contributed by atoms with van der Waals surface area (Å²) >= 11 is 6.38. The van der Waals surface area contributed by atoms with Crippen molar-refractivity contribution in [3.8, 4) is 0 Å². The van der Waals surface area contributed by atoms with Gasteiger partial charge in [0.25, 0.3) is 5.69 Å². The summed E-state index contributed by atoms with van der Waals surface area (Å²) in [5, 5.41) is 15.1. The van der Waals surface area contributed by atoms with Crippen molar-refractivity contribution >= 4 is 23.0 Å². The fourth-order valence-electron chi connectivity index (χ4n) is 3.72. The average molecular weight is 327 g/mol. The van der Waals surface area contributed by atoms with Crippen LogP contribution in [0.2, 0.25) is 5.02 Å². The Morgan fingerprint density at radius 1 is 1.17 bits per heavy atom. The quantitative estimate of drug-likeness (QED) is 0.476. The fraction of sp³-hybridized carbons (Fsp3) is 0.222. The molecule has 2 aromatic carbocycles.